The standard InChI is InChI=1S/C15H16ClNO/c1-8-5-9(16)6-13-10-3-2-4-11(15(17)18)14(10)7-12(8)13/h5-6,11H,2-4,7H2,1H3,(H2,17,18)/i11D. The second kappa shape index (κ2) is 4.13. The number of hydrogen-bond donors (Lipinski definition) is 1. The van der Waals surface area contributed by atoms with Gasteiger partial charge in [0.05, 0.1) is 5.89 Å². The van der Waals surface area contributed by atoms with Gasteiger partial charge in [0.25, 0.3) is 0 Å². The van der Waals surface area contributed by atoms with Crippen LogP contribution in [0.5, 0.6) is 0 Å². The van der Waals surface area contributed by atoms with Crippen LogP contribution in [0.25, 0.3) is 5.57 Å². The molecular formula is C15H16ClNO. The minimum absolute atomic E-state index is 0.530. The van der Waals surface area contributed by atoms with Gasteiger partial charge in [0.2, 0.25) is 5.91 Å². The minimum atomic E-state index is -1.23. The summed E-state index contributed by atoms with van der Waals surface area (Å²) in [5, 5.41) is 0.713. The Kier molecular flexibility index (Phi) is 2.44. The van der Waals surface area contributed by atoms with E-state index in [-0.39, 0.29) is 0 Å². The number of fused-ring (bicyclic) bond motifs is 2. The van der Waals surface area contributed by atoms with Crippen LogP contribution < -0.4 is 5.73 Å². The molecule has 0 radical (unpaired) electrons. The average molecular weight is 263 g/mol. The first kappa shape index (κ1) is 10.6. The highest BCUT2D eigenvalue weighted by molar-refractivity contribution is 6.30. The summed E-state index contributed by atoms with van der Waals surface area (Å²) < 4.78 is 8.44. The lowest BCUT2D eigenvalue weighted by Crippen LogP contribution is -2.27. The quantitative estimate of drug-likeness (QED) is 0.830. The summed E-state index contributed by atoms with van der Waals surface area (Å²) in [7, 11) is 0. The number of nitrogens with two attached hydrogens (primary N) is 1. The van der Waals surface area contributed by atoms with Gasteiger partial charge in [0, 0.05) is 6.39 Å². The minimum Gasteiger partial charge on any atom is -0.369 e. The lowest BCUT2D eigenvalue weighted by Gasteiger charge is -2.22. The fourth-order valence-corrected chi connectivity index (χ4v) is 3.43. The van der Waals surface area contributed by atoms with E-state index in [0.29, 0.717) is 17.9 Å². The van der Waals surface area contributed by atoms with E-state index in [4.69, 9.17) is 18.7 Å². The molecule has 94 valence electrons. The molecule has 0 spiro atoms. The number of rotatable bonds is 1. The van der Waals surface area contributed by atoms with Gasteiger partial charge in [-0.25, -0.2) is 0 Å². The monoisotopic (exact) mass is 262 g/mol. The van der Waals surface area contributed by atoms with E-state index in [0.717, 1.165) is 35.1 Å². The van der Waals surface area contributed by atoms with Gasteiger partial charge in [-0.2, -0.15) is 0 Å². The molecule has 0 aliphatic heterocycles. The van der Waals surface area contributed by atoms with Crippen molar-refractivity contribution >= 4 is 23.1 Å². The molecule has 2 N–H and O–H groups in total. The Morgan fingerprint density at radius 2 is 2.33 bits per heavy atom. The zero-order valence-electron chi connectivity index (χ0n) is 11.3. The molecule has 2 nitrogen and oxygen atoms in total. The van der Waals surface area contributed by atoms with E-state index in [9.17, 15) is 4.79 Å². The van der Waals surface area contributed by atoms with Gasteiger partial charge in [-0.3, -0.25) is 4.79 Å². The van der Waals surface area contributed by atoms with Gasteiger partial charge >= 0.3 is 0 Å². The summed E-state index contributed by atoms with van der Waals surface area (Å²) in [6, 6.07) is 3.90. The van der Waals surface area contributed by atoms with E-state index < -0.39 is 11.8 Å². The maximum Gasteiger partial charge on any atom is 0.224 e. The maximum atomic E-state index is 11.7. The third-order valence-electron chi connectivity index (χ3n) is 4.00. The van der Waals surface area contributed by atoms with Crippen molar-refractivity contribution in [3.8, 4) is 0 Å². The summed E-state index contributed by atoms with van der Waals surface area (Å²) >= 11 is 6.13. The molecule has 0 heterocycles. The fourth-order valence-electron chi connectivity index (χ4n) is 3.16. The SMILES string of the molecule is [2H]C1(C(N)=O)CCCC2=C1Cc1c(C)cc(Cl)cc12. The summed E-state index contributed by atoms with van der Waals surface area (Å²) in [5.74, 6) is -1.76. The van der Waals surface area contributed by atoms with Crippen molar-refractivity contribution in [1.29, 1.82) is 0 Å². The fraction of sp³-hybridized carbons (Fsp3) is 0.400. The molecule has 2 aliphatic rings. The second-order valence-electron chi connectivity index (χ2n) is 5.08. The Labute approximate surface area is 113 Å². The highest BCUT2D eigenvalue weighted by Gasteiger charge is 2.33. The molecule has 0 saturated carbocycles. The molecule has 2 aliphatic carbocycles. The Balaban J connectivity index is 2.19. The van der Waals surface area contributed by atoms with Gasteiger partial charge in [0.1, 0.15) is 0 Å². The van der Waals surface area contributed by atoms with Crippen LogP contribution in [0.2, 0.25) is 5.02 Å². The summed E-state index contributed by atoms with van der Waals surface area (Å²) in [6.07, 6.45) is 2.94. The number of halogens is 1. The number of carbonyl (C=O) groups is 1. The van der Waals surface area contributed by atoms with E-state index in [2.05, 4.69) is 0 Å². The zero-order chi connectivity index (χ0) is 13.8. The van der Waals surface area contributed by atoms with E-state index in [1.165, 1.54) is 5.56 Å². The Morgan fingerprint density at radius 3 is 3.06 bits per heavy atom. The molecule has 0 saturated heterocycles. The number of amides is 1. The van der Waals surface area contributed by atoms with Crippen molar-refractivity contribution in [3.05, 3.63) is 39.4 Å². The molecule has 3 heteroatoms. The molecular weight excluding hydrogens is 246 g/mol. The molecule has 1 aromatic carbocycles. The van der Waals surface area contributed by atoms with E-state index in [1.54, 1.807) is 0 Å². The first-order chi connectivity index (χ1) is 8.93. The first-order valence-electron chi connectivity index (χ1n) is 6.75. The van der Waals surface area contributed by atoms with Crippen LogP contribution in [0.4, 0.5) is 0 Å². The van der Waals surface area contributed by atoms with Crippen molar-refractivity contribution in [1.82, 2.24) is 0 Å². The van der Waals surface area contributed by atoms with Crippen LogP contribution in [0.3, 0.4) is 0 Å². The van der Waals surface area contributed by atoms with E-state index >= 15 is 0 Å². The van der Waals surface area contributed by atoms with Crippen molar-refractivity contribution in [2.24, 2.45) is 11.6 Å². The number of carbonyl (C=O) groups excluding carboxylic acids is 1. The van der Waals surface area contributed by atoms with Gasteiger partial charge < -0.3 is 5.73 Å². The highest BCUT2D eigenvalue weighted by Crippen LogP contribution is 2.45. The molecule has 0 aromatic heterocycles. The van der Waals surface area contributed by atoms with Gasteiger partial charge in [-0.05, 0) is 72.6 Å². The molecule has 18 heavy (non-hydrogen) atoms. The third-order valence-corrected chi connectivity index (χ3v) is 4.21. The van der Waals surface area contributed by atoms with Crippen molar-refractivity contribution in [2.75, 3.05) is 0 Å². The summed E-state index contributed by atoms with van der Waals surface area (Å²) in [6.45, 7) is 2.03. The highest BCUT2D eigenvalue weighted by atomic mass is 35.5. The average Bonchev–Trinajstić information content (AvgIpc) is 2.70. The summed E-state index contributed by atoms with van der Waals surface area (Å²) in [5.41, 5.74) is 10.9. The van der Waals surface area contributed by atoms with Gasteiger partial charge in [0.15, 0.2) is 0 Å². The van der Waals surface area contributed by atoms with Gasteiger partial charge in [-0.15, -0.1) is 0 Å². The van der Waals surface area contributed by atoms with E-state index in [1.807, 2.05) is 19.1 Å². The number of hydrogen-bond acceptors (Lipinski definition) is 1. The predicted molar refractivity (Wildman–Crippen MR) is 73.3 cm³/mol. The van der Waals surface area contributed by atoms with Crippen LogP contribution in [0.1, 0.15) is 37.3 Å². The summed E-state index contributed by atoms with van der Waals surface area (Å²) in [4.78, 5) is 11.7. The normalized spacial score (nSPS) is 26.7. The van der Waals surface area contributed by atoms with Crippen molar-refractivity contribution in [2.45, 2.75) is 32.6 Å². The van der Waals surface area contributed by atoms with Crippen LogP contribution >= 0.6 is 11.6 Å². The largest absolute Gasteiger partial charge is 0.369 e. The Hall–Kier alpha value is -1.28. The molecule has 0 bridgehead atoms. The third kappa shape index (κ3) is 1.67. The predicted octanol–water partition coefficient (Wildman–Crippen LogP) is 3.24. The second-order valence-corrected chi connectivity index (χ2v) is 5.52. The lowest BCUT2D eigenvalue weighted by molar-refractivity contribution is -0.121. The Bertz CT molecular complexity index is 623. The molecule has 1 atom stereocenters. The van der Waals surface area contributed by atoms with Crippen LogP contribution in [-0.4, -0.2) is 5.91 Å². The molecule has 1 unspecified atom stereocenters. The van der Waals surface area contributed by atoms with Crippen LogP contribution in [0.15, 0.2) is 17.7 Å². The molecule has 1 aromatic rings. The van der Waals surface area contributed by atoms with Crippen LogP contribution in [-0.2, 0) is 11.2 Å². The number of aryl methyl sites for hydroxylation is 1. The Morgan fingerprint density at radius 1 is 1.56 bits per heavy atom. The number of allylic oxidation sites excluding steroid dienone is 1. The molecule has 3 rings (SSSR count). The molecule has 0 fully saturated rings. The molecule has 1 amide bonds. The van der Waals surface area contributed by atoms with Crippen molar-refractivity contribution < 1.29 is 6.17 Å². The zero-order valence-corrected chi connectivity index (χ0v) is 11.1. The van der Waals surface area contributed by atoms with Gasteiger partial charge in [-0.1, -0.05) is 11.6 Å². The first-order valence-corrected chi connectivity index (χ1v) is 6.63. The van der Waals surface area contributed by atoms with Crippen LogP contribution in [0, 0.1) is 12.8 Å². The van der Waals surface area contributed by atoms with Crippen molar-refractivity contribution in [3.63, 3.8) is 0 Å². The number of primary amides is 1. The number of benzene rings is 1. The maximum absolute atomic E-state index is 11.7. The topological polar surface area (TPSA) is 43.1 Å². The smallest absolute Gasteiger partial charge is 0.224 e. The lowest BCUT2D eigenvalue weighted by atomic mass is 9.82.